The first-order valence-electron chi connectivity index (χ1n) is 5.45. The molecule has 0 saturated heterocycles. The maximum Gasteiger partial charge on any atom is 0.0898 e. The summed E-state index contributed by atoms with van der Waals surface area (Å²) in [5.74, 6) is 0. The van der Waals surface area contributed by atoms with Gasteiger partial charge in [0.2, 0.25) is 0 Å². The molecule has 4 heteroatoms. The van der Waals surface area contributed by atoms with Crippen LogP contribution in [0.25, 0.3) is 0 Å². The molecule has 0 bridgehead atoms. The van der Waals surface area contributed by atoms with Crippen LogP contribution < -0.4 is 5.73 Å². The summed E-state index contributed by atoms with van der Waals surface area (Å²) >= 11 is 11.8. The van der Waals surface area contributed by atoms with Gasteiger partial charge >= 0.3 is 0 Å². The van der Waals surface area contributed by atoms with E-state index in [2.05, 4.69) is 0 Å². The van der Waals surface area contributed by atoms with Crippen molar-refractivity contribution in [1.82, 2.24) is 0 Å². The minimum Gasteiger partial charge on any atom is -0.385 e. The van der Waals surface area contributed by atoms with Gasteiger partial charge in [-0.2, -0.15) is 0 Å². The van der Waals surface area contributed by atoms with E-state index in [-0.39, 0.29) is 6.04 Å². The fourth-order valence-corrected chi connectivity index (χ4v) is 2.49. The SMILES string of the molecule is NC1CCC(O)(c2ccc(Cl)c(Cl)c2)CC1. The Balaban J connectivity index is 2.25. The molecule has 1 fully saturated rings. The molecule has 0 atom stereocenters. The number of nitrogens with two attached hydrogens (primary N) is 1. The van der Waals surface area contributed by atoms with E-state index in [1.54, 1.807) is 12.1 Å². The first-order chi connectivity index (χ1) is 7.51. The van der Waals surface area contributed by atoms with Gasteiger partial charge in [-0.05, 0) is 43.4 Å². The number of hydrogen-bond acceptors (Lipinski definition) is 2. The summed E-state index contributed by atoms with van der Waals surface area (Å²) in [5, 5.41) is 11.5. The largest absolute Gasteiger partial charge is 0.385 e. The standard InChI is InChI=1S/C12H15Cl2NO/c13-10-2-1-8(7-11(10)14)12(16)5-3-9(15)4-6-12/h1-2,7,9,16H,3-6,15H2. The molecule has 0 aromatic heterocycles. The average Bonchev–Trinajstić information content (AvgIpc) is 2.26. The van der Waals surface area contributed by atoms with Crippen molar-refractivity contribution in [3.8, 4) is 0 Å². The van der Waals surface area contributed by atoms with Crippen LogP contribution in [0.2, 0.25) is 10.0 Å². The van der Waals surface area contributed by atoms with Gasteiger partial charge < -0.3 is 10.8 Å². The zero-order valence-electron chi connectivity index (χ0n) is 8.92. The first-order valence-corrected chi connectivity index (χ1v) is 6.20. The third-order valence-corrected chi connectivity index (χ3v) is 4.05. The lowest BCUT2D eigenvalue weighted by Gasteiger charge is -2.35. The molecule has 0 heterocycles. The number of hydrogen-bond donors (Lipinski definition) is 2. The Hall–Kier alpha value is -0.280. The highest BCUT2D eigenvalue weighted by atomic mass is 35.5. The van der Waals surface area contributed by atoms with E-state index in [0.29, 0.717) is 22.9 Å². The lowest BCUT2D eigenvalue weighted by molar-refractivity contribution is -0.00495. The van der Waals surface area contributed by atoms with Gasteiger partial charge in [0.25, 0.3) is 0 Å². The quantitative estimate of drug-likeness (QED) is 0.815. The van der Waals surface area contributed by atoms with E-state index >= 15 is 0 Å². The highest BCUT2D eigenvalue weighted by Gasteiger charge is 2.33. The topological polar surface area (TPSA) is 46.2 Å². The van der Waals surface area contributed by atoms with Crippen molar-refractivity contribution in [3.63, 3.8) is 0 Å². The Kier molecular flexibility index (Phi) is 3.45. The second-order valence-corrected chi connectivity index (χ2v) is 5.31. The minimum absolute atomic E-state index is 0.211. The molecule has 16 heavy (non-hydrogen) atoms. The molecule has 88 valence electrons. The normalized spacial score (nSPS) is 30.4. The predicted octanol–water partition coefficient (Wildman–Crippen LogP) is 3.08. The van der Waals surface area contributed by atoms with Crippen molar-refractivity contribution in [2.45, 2.75) is 37.3 Å². The maximum absolute atomic E-state index is 10.5. The van der Waals surface area contributed by atoms with Gasteiger partial charge in [-0.1, -0.05) is 29.3 Å². The van der Waals surface area contributed by atoms with Gasteiger partial charge in [-0.3, -0.25) is 0 Å². The third-order valence-electron chi connectivity index (χ3n) is 3.31. The fourth-order valence-electron chi connectivity index (χ4n) is 2.19. The summed E-state index contributed by atoms with van der Waals surface area (Å²) in [6.07, 6.45) is 3.06. The molecule has 0 spiro atoms. The van der Waals surface area contributed by atoms with Gasteiger partial charge in [-0.25, -0.2) is 0 Å². The van der Waals surface area contributed by atoms with E-state index in [9.17, 15) is 5.11 Å². The summed E-state index contributed by atoms with van der Waals surface area (Å²) < 4.78 is 0. The maximum atomic E-state index is 10.5. The Labute approximate surface area is 105 Å². The van der Waals surface area contributed by atoms with Crippen LogP contribution in [0.1, 0.15) is 31.2 Å². The summed E-state index contributed by atoms with van der Waals surface area (Å²) in [6.45, 7) is 0. The molecule has 3 N–H and O–H groups in total. The van der Waals surface area contributed by atoms with Crippen molar-refractivity contribution < 1.29 is 5.11 Å². The summed E-state index contributed by atoms with van der Waals surface area (Å²) in [6, 6.07) is 5.53. The Morgan fingerprint density at radius 2 is 1.81 bits per heavy atom. The van der Waals surface area contributed by atoms with Crippen LogP contribution in [0.5, 0.6) is 0 Å². The minimum atomic E-state index is -0.788. The molecule has 2 rings (SSSR count). The van der Waals surface area contributed by atoms with Crippen molar-refractivity contribution >= 4 is 23.2 Å². The third kappa shape index (κ3) is 2.35. The Morgan fingerprint density at radius 3 is 2.38 bits per heavy atom. The zero-order valence-corrected chi connectivity index (χ0v) is 10.4. The van der Waals surface area contributed by atoms with Crippen LogP contribution in [0.15, 0.2) is 18.2 Å². The molecule has 1 aliphatic carbocycles. The van der Waals surface area contributed by atoms with Crippen LogP contribution in [0, 0.1) is 0 Å². The van der Waals surface area contributed by atoms with Crippen molar-refractivity contribution in [2.24, 2.45) is 5.73 Å². The Bertz CT molecular complexity index is 387. The van der Waals surface area contributed by atoms with Crippen LogP contribution in [-0.2, 0) is 5.60 Å². The van der Waals surface area contributed by atoms with E-state index < -0.39 is 5.60 Å². The van der Waals surface area contributed by atoms with Crippen LogP contribution in [0.3, 0.4) is 0 Å². The zero-order chi connectivity index (χ0) is 11.8. The highest BCUT2D eigenvalue weighted by Crippen LogP contribution is 2.38. The van der Waals surface area contributed by atoms with Gasteiger partial charge in [-0.15, -0.1) is 0 Å². The van der Waals surface area contributed by atoms with Crippen molar-refractivity contribution in [1.29, 1.82) is 0 Å². The number of aliphatic hydroxyl groups is 1. The monoisotopic (exact) mass is 259 g/mol. The molecule has 0 unspecified atom stereocenters. The molecular formula is C12H15Cl2NO. The molecule has 1 aromatic rings. The molecular weight excluding hydrogens is 245 g/mol. The number of benzene rings is 1. The van der Waals surface area contributed by atoms with E-state index in [0.717, 1.165) is 18.4 Å². The first kappa shape index (κ1) is 12.2. The molecule has 0 amide bonds. The summed E-state index contributed by atoms with van der Waals surface area (Å²) in [7, 11) is 0. The average molecular weight is 260 g/mol. The second-order valence-electron chi connectivity index (χ2n) is 4.50. The number of halogens is 2. The van der Waals surface area contributed by atoms with Gasteiger partial charge in [0.05, 0.1) is 15.6 Å². The molecule has 2 nitrogen and oxygen atoms in total. The van der Waals surface area contributed by atoms with Crippen molar-refractivity contribution in [3.05, 3.63) is 33.8 Å². The van der Waals surface area contributed by atoms with Gasteiger partial charge in [0.1, 0.15) is 0 Å². The summed E-state index contributed by atoms with van der Waals surface area (Å²) in [5.41, 5.74) is 5.88. The fraction of sp³-hybridized carbons (Fsp3) is 0.500. The highest BCUT2D eigenvalue weighted by molar-refractivity contribution is 6.42. The van der Waals surface area contributed by atoms with Crippen LogP contribution in [0.4, 0.5) is 0 Å². The lowest BCUT2D eigenvalue weighted by atomic mass is 9.78. The smallest absolute Gasteiger partial charge is 0.0898 e. The molecule has 1 aromatic carbocycles. The van der Waals surface area contributed by atoms with E-state index in [1.165, 1.54) is 0 Å². The van der Waals surface area contributed by atoms with Crippen LogP contribution >= 0.6 is 23.2 Å². The van der Waals surface area contributed by atoms with Crippen LogP contribution in [-0.4, -0.2) is 11.1 Å². The Morgan fingerprint density at radius 1 is 1.19 bits per heavy atom. The number of rotatable bonds is 1. The van der Waals surface area contributed by atoms with E-state index in [1.807, 2.05) is 6.07 Å². The summed E-state index contributed by atoms with van der Waals surface area (Å²) in [4.78, 5) is 0. The van der Waals surface area contributed by atoms with Gasteiger partial charge in [0, 0.05) is 6.04 Å². The second kappa shape index (κ2) is 4.53. The van der Waals surface area contributed by atoms with Gasteiger partial charge in [0.15, 0.2) is 0 Å². The van der Waals surface area contributed by atoms with Crippen molar-refractivity contribution in [2.75, 3.05) is 0 Å². The lowest BCUT2D eigenvalue weighted by Crippen LogP contribution is -2.36. The molecule has 1 aliphatic rings. The molecule has 0 radical (unpaired) electrons. The predicted molar refractivity (Wildman–Crippen MR) is 66.8 cm³/mol. The molecule has 1 saturated carbocycles. The van der Waals surface area contributed by atoms with E-state index in [4.69, 9.17) is 28.9 Å². The molecule has 0 aliphatic heterocycles.